The maximum Gasteiger partial charge on any atom is 0.0205 e. The Morgan fingerprint density at radius 3 is 2.15 bits per heavy atom. The minimum absolute atomic E-state index is 0.938. The Hall–Kier alpha value is -1.60. The van der Waals surface area contributed by atoms with Gasteiger partial charge in [-0.2, -0.15) is 0 Å². The van der Waals surface area contributed by atoms with E-state index < -0.39 is 0 Å². The second kappa shape index (κ2) is 6.23. The molecule has 0 radical (unpaired) electrons. The highest BCUT2D eigenvalue weighted by molar-refractivity contribution is 5.73. The van der Waals surface area contributed by atoms with Crippen LogP contribution in [0.3, 0.4) is 0 Å². The van der Waals surface area contributed by atoms with Crippen LogP contribution in [-0.2, 0) is 6.54 Å². The Morgan fingerprint density at radius 2 is 1.55 bits per heavy atom. The van der Waals surface area contributed by atoms with E-state index in [9.17, 15) is 0 Å². The van der Waals surface area contributed by atoms with Gasteiger partial charge in [-0.3, -0.25) is 0 Å². The van der Waals surface area contributed by atoms with Gasteiger partial charge in [0, 0.05) is 6.54 Å². The lowest BCUT2D eigenvalue weighted by atomic mass is 9.89. The first-order valence-corrected chi connectivity index (χ1v) is 7.42. The number of nitrogens with one attached hydrogen (secondary N) is 1. The van der Waals surface area contributed by atoms with Crippen molar-refractivity contribution in [3.8, 4) is 11.1 Å². The van der Waals surface area contributed by atoms with Crippen LogP contribution in [0.2, 0.25) is 0 Å². The van der Waals surface area contributed by atoms with Crippen LogP contribution < -0.4 is 5.32 Å². The summed E-state index contributed by atoms with van der Waals surface area (Å²) in [7, 11) is 0. The van der Waals surface area contributed by atoms with Crippen LogP contribution in [0.1, 0.15) is 34.7 Å². The fraction of sp³-hybridized carbons (Fsp3) is 0.368. The summed E-state index contributed by atoms with van der Waals surface area (Å²) in [5.74, 6) is 0. The maximum atomic E-state index is 3.40. The molecule has 2 rings (SSSR count). The van der Waals surface area contributed by atoms with E-state index in [2.05, 4.69) is 70.3 Å². The summed E-state index contributed by atoms with van der Waals surface area (Å²) < 4.78 is 0. The van der Waals surface area contributed by atoms with E-state index in [1.54, 1.807) is 0 Å². The third-order valence-corrected chi connectivity index (χ3v) is 4.16. The van der Waals surface area contributed by atoms with Gasteiger partial charge in [0.25, 0.3) is 0 Å². The van der Waals surface area contributed by atoms with Gasteiger partial charge in [-0.15, -0.1) is 0 Å². The summed E-state index contributed by atoms with van der Waals surface area (Å²) in [6.07, 6.45) is 0. The zero-order valence-corrected chi connectivity index (χ0v) is 13.3. The summed E-state index contributed by atoms with van der Waals surface area (Å²) in [5, 5.41) is 3.40. The largest absolute Gasteiger partial charge is 0.313 e. The molecule has 0 unspecified atom stereocenters. The summed E-state index contributed by atoms with van der Waals surface area (Å²) in [6.45, 7) is 12.9. The highest BCUT2D eigenvalue weighted by Crippen LogP contribution is 2.31. The smallest absolute Gasteiger partial charge is 0.0205 e. The van der Waals surface area contributed by atoms with Crippen LogP contribution in [0.15, 0.2) is 30.3 Å². The van der Waals surface area contributed by atoms with Gasteiger partial charge < -0.3 is 5.32 Å². The average Bonchev–Trinajstić information content (AvgIpc) is 2.44. The van der Waals surface area contributed by atoms with Crippen LogP contribution in [0, 0.1) is 27.7 Å². The van der Waals surface area contributed by atoms with Crippen molar-refractivity contribution in [1.29, 1.82) is 0 Å². The fourth-order valence-electron chi connectivity index (χ4n) is 2.76. The van der Waals surface area contributed by atoms with Crippen LogP contribution >= 0.6 is 0 Å². The van der Waals surface area contributed by atoms with Gasteiger partial charge in [-0.05, 0) is 79.3 Å². The Morgan fingerprint density at radius 1 is 0.900 bits per heavy atom. The lowest BCUT2D eigenvalue weighted by molar-refractivity contribution is 0.727. The van der Waals surface area contributed by atoms with Gasteiger partial charge in [0.1, 0.15) is 0 Å². The van der Waals surface area contributed by atoms with E-state index in [-0.39, 0.29) is 0 Å². The molecule has 0 fully saturated rings. The number of hydrogen-bond acceptors (Lipinski definition) is 1. The highest BCUT2D eigenvalue weighted by Gasteiger charge is 2.10. The third-order valence-electron chi connectivity index (χ3n) is 4.16. The molecule has 0 aliphatic heterocycles. The van der Waals surface area contributed by atoms with Gasteiger partial charge in [-0.1, -0.05) is 31.2 Å². The molecule has 0 aliphatic carbocycles. The molecular formula is C19H25N. The fourth-order valence-corrected chi connectivity index (χ4v) is 2.76. The van der Waals surface area contributed by atoms with E-state index in [0.29, 0.717) is 0 Å². The van der Waals surface area contributed by atoms with Crippen molar-refractivity contribution < 1.29 is 0 Å². The highest BCUT2D eigenvalue weighted by atomic mass is 14.8. The average molecular weight is 267 g/mol. The zero-order chi connectivity index (χ0) is 14.7. The molecule has 0 saturated heterocycles. The van der Waals surface area contributed by atoms with Crippen molar-refractivity contribution in [2.45, 2.75) is 41.2 Å². The first-order valence-electron chi connectivity index (χ1n) is 7.42. The first kappa shape index (κ1) is 14.8. The standard InChI is InChI=1S/C19H25N/c1-6-20-12-17-8-7-9-18(11-17)19-15(4)13(2)10-14(3)16(19)5/h7-11,20H,6,12H2,1-5H3. The van der Waals surface area contributed by atoms with Crippen molar-refractivity contribution in [3.05, 3.63) is 58.1 Å². The summed E-state index contributed by atoms with van der Waals surface area (Å²) in [4.78, 5) is 0. The SMILES string of the molecule is CCNCc1cccc(-c2c(C)c(C)cc(C)c2C)c1. The van der Waals surface area contributed by atoms with Gasteiger partial charge in [0.15, 0.2) is 0 Å². The second-order valence-electron chi connectivity index (χ2n) is 5.62. The Balaban J connectivity index is 2.51. The first-order chi connectivity index (χ1) is 9.54. The maximum absolute atomic E-state index is 3.40. The number of aryl methyl sites for hydroxylation is 2. The number of hydrogen-bond donors (Lipinski definition) is 1. The quantitative estimate of drug-likeness (QED) is 0.847. The molecule has 0 aromatic heterocycles. The zero-order valence-electron chi connectivity index (χ0n) is 13.3. The van der Waals surface area contributed by atoms with Crippen LogP contribution in [0.4, 0.5) is 0 Å². The van der Waals surface area contributed by atoms with E-state index in [4.69, 9.17) is 0 Å². The van der Waals surface area contributed by atoms with Gasteiger partial charge in [0.05, 0.1) is 0 Å². The lowest BCUT2D eigenvalue weighted by Gasteiger charge is -2.16. The van der Waals surface area contributed by atoms with Gasteiger partial charge in [0.2, 0.25) is 0 Å². The van der Waals surface area contributed by atoms with E-state index >= 15 is 0 Å². The number of benzene rings is 2. The van der Waals surface area contributed by atoms with Crippen molar-refractivity contribution >= 4 is 0 Å². The van der Waals surface area contributed by atoms with E-state index in [1.807, 2.05) is 0 Å². The molecule has 0 aliphatic rings. The van der Waals surface area contributed by atoms with Gasteiger partial charge in [-0.25, -0.2) is 0 Å². The predicted molar refractivity (Wildman–Crippen MR) is 88.2 cm³/mol. The van der Waals surface area contributed by atoms with Crippen LogP contribution in [-0.4, -0.2) is 6.54 Å². The van der Waals surface area contributed by atoms with E-state index in [1.165, 1.54) is 38.9 Å². The van der Waals surface area contributed by atoms with Crippen molar-refractivity contribution in [3.63, 3.8) is 0 Å². The lowest BCUT2D eigenvalue weighted by Crippen LogP contribution is -2.11. The molecular weight excluding hydrogens is 242 g/mol. The summed E-state index contributed by atoms with van der Waals surface area (Å²) in [5.41, 5.74) is 9.63. The Labute approximate surface area is 123 Å². The minimum Gasteiger partial charge on any atom is -0.313 e. The molecule has 1 N–H and O–H groups in total. The van der Waals surface area contributed by atoms with Crippen molar-refractivity contribution in [1.82, 2.24) is 5.32 Å². The molecule has 0 saturated carbocycles. The third kappa shape index (κ3) is 2.94. The Bertz CT molecular complexity index is 585. The second-order valence-corrected chi connectivity index (χ2v) is 5.62. The normalized spacial score (nSPS) is 10.8. The van der Waals surface area contributed by atoms with Gasteiger partial charge >= 0.3 is 0 Å². The molecule has 0 amide bonds. The van der Waals surface area contributed by atoms with Crippen molar-refractivity contribution in [2.75, 3.05) is 6.54 Å². The molecule has 2 aromatic carbocycles. The number of rotatable bonds is 4. The Kier molecular flexibility index (Phi) is 4.61. The molecule has 0 atom stereocenters. The topological polar surface area (TPSA) is 12.0 Å². The monoisotopic (exact) mass is 267 g/mol. The molecule has 1 heteroatoms. The minimum atomic E-state index is 0.938. The molecule has 20 heavy (non-hydrogen) atoms. The molecule has 106 valence electrons. The molecule has 1 nitrogen and oxygen atoms in total. The summed E-state index contributed by atoms with van der Waals surface area (Å²) >= 11 is 0. The van der Waals surface area contributed by atoms with Crippen LogP contribution in [0.25, 0.3) is 11.1 Å². The molecule has 2 aromatic rings. The van der Waals surface area contributed by atoms with E-state index in [0.717, 1.165) is 13.1 Å². The van der Waals surface area contributed by atoms with Crippen molar-refractivity contribution in [2.24, 2.45) is 0 Å². The predicted octanol–water partition coefficient (Wildman–Crippen LogP) is 4.70. The molecule has 0 bridgehead atoms. The summed E-state index contributed by atoms with van der Waals surface area (Å²) in [6, 6.07) is 11.2. The van der Waals surface area contributed by atoms with Crippen LogP contribution in [0.5, 0.6) is 0 Å². The molecule has 0 heterocycles. The molecule has 0 spiro atoms.